The topological polar surface area (TPSA) is 21.3 Å². The average Bonchev–Trinajstić information content (AvgIpc) is 2.47. The summed E-state index contributed by atoms with van der Waals surface area (Å²) in [5.41, 5.74) is 0. The molecule has 0 bridgehead atoms. The molecule has 0 saturated heterocycles. The molecule has 2 nitrogen and oxygen atoms in total. The summed E-state index contributed by atoms with van der Waals surface area (Å²) >= 11 is 0. The maximum atomic E-state index is 6.16. The predicted octanol–water partition coefficient (Wildman–Crippen LogP) is 4.53. The summed E-state index contributed by atoms with van der Waals surface area (Å²) in [5.74, 6) is 0.828. The van der Waals surface area contributed by atoms with E-state index in [1.807, 2.05) is 0 Å². The first-order valence-electron chi connectivity index (χ1n) is 8.66. The van der Waals surface area contributed by atoms with Crippen LogP contribution in [0.3, 0.4) is 0 Å². The first-order valence-corrected chi connectivity index (χ1v) is 8.66. The first kappa shape index (κ1) is 17.0. The lowest BCUT2D eigenvalue weighted by Crippen LogP contribution is -2.30. The molecular weight excluding hydrogens is 234 g/mol. The van der Waals surface area contributed by atoms with Crippen LogP contribution in [-0.4, -0.2) is 25.3 Å². The van der Waals surface area contributed by atoms with E-state index in [4.69, 9.17) is 4.74 Å². The van der Waals surface area contributed by atoms with Gasteiger partial charge in [-0.15, -0.1) is 0 Å². The Kier molecular flexibility index (Phi) is 9.54. The standard InChI is InChI=1S/C17H35NO/c1-4-13-18-16(6-3)11-9-14-19-17-12-8-7-10-15(17)5-2/h15-18H,4-14H2,1-3H3. The maximum absolute atomic E-state index is 6.16. The Labute approximate surface area is 120 Å². The molecule has 0 spiro atoms. The van der Waals surface area contributed by atoms with E-state index < -0.39 is 0 Å². The number of rotatable bonds is 10. The van der Waals surface area contributed by atoms with Crippen molar-refractivity contribution in [2.24, 2.45) is 5.92 Å². The smallest absolute Gasteiger partial charge is 0.0603 e. The largest absolute Gasteiger partial charge is 0.378 e. The van der Waals surface area contributed by atoms with Gasteiger partial charge in [-0.05, 0) is 51.0 Å². The maximum Gasteiger partial charge on any atom is 0.0603 e. The number of hydrogen-bond donors (Lipinski definition) is 1. The SMILES string of the molecule is CCCNC(CC)CCCOC1CCCCC1CC. The van der Waals surface area contributed by atoms with Crippen LogP contribution in [-0.2, 0) is 4.74 Å². The number of nitrogens with one attached hydrogen (secondary N) is 1. The lowest BCUT2D eigenvalue weighted by molar-refractivity contribution is -0.0140. The van der Waals surface area contributed by atoms with Crippen LogP contribution >= 0.6 is 0 Å². The molecule has 0 amide bonds. The Balaban J connectivity index is 2.11. The van der Waals surface area contributed by atoms with Crippen LogP contribution in [0.2, 0.25) is 0 Å². The van der Waals surface area contributed by atoms with Crippen LogP contribution in [0.4, 0.5) is 0 Å². The van der Waals surface area contributed by atoms with Gasteiger partial charge in [0.15, 0.2) is 0 Å². The molecule has 0 radical (unpaired) electrons. The lowest BCUT2D eigenvalue weighted by atomic mass is 9.85. The molecule has 0 aromatic carbocycles. The van der Waals surface area contributed by atoms with E-state index in [0.717, 1.165) is 19.1 Å². The van der Waals surface area contributed by atoms with Gasteiger partial charge in [-0.25, -0.2) is 0 Å². The Bertz CT molecular complexity index is 207. The van der Waals surface area contributed by atoms with E-state index in [1.165, 1.54) is 57.8 Å². The fraction of sp³-hybridized carbons (Fsp3) is 1.00. The zero-order valence-corrected chi connectivity index (χ0v) is 13.4. The first-order chi connectivity index (χ1) is 9.31. The highest BCUT2D eigenvalue weighted by Gasteiger charge is 2.23. The number of ether oxygens (including phenoxy) is 1. The minimum absolute atomic E-state index is 0.558. The highest BCUT2D eigenvalue weighted by Crippen LogP contribution is 2.29. The van der Waals surface area contributed by atoms with E-state index in [-0.39, 0.29) is 0 Å². The monoisotopic (exact) mass is 269 g/mol. The van der Waals surface area contributed by atoms with Crippen LogP contribution in [0.15, 0.2) is 0 Å². The second-order valence-electron chi connectivity index (χ2n) is 6.06. The van der Waals surface area contributed by atoms with Crippen LogP contribution < -0.4 is 5.32 Å². The fourth-order valence-corrected chi connectivity index (χ4v) is 3.22. The van der Waals surface area contributed by atoms with E-state index in [0.29, 0.717) is 12.1 Å². The summed E-state index contributed by atoms with van der Waals surface area (Å²) in [7, 11) is 0. The molecule has 0 aromatic rings. The molecule has 2 heteroatoms. The summed E-state index contributed by atoms with van der Waals surface area (Å²) in [6, 6.07) is 0.692. The molecule has 1 N–H and O–H groups in total. The Morgan fingerprint density at radius 2 is 1.95 bits per heavy atom. The quantitative estimate of drug-likeness (QED) is 0.588. The summed E-state index contributed by atoms with van der Waals surface area (Å²) in [6.45, 7) is 8.94. The Morgan fingerprint density at radius 1 is 1.16 bits per heavy atom. The molecule has 1 saturated carbocycles. The summed E-state index contributed by atoms with van der Waals surface area (Å²) < 4.78 is 6.16. The molecule has 0 aromatic heterocycles. The molecule has 19 heavy (non-hydrogen) atoms. The third kappa shape index (κ3) is 6.76. The third-order valence-electron chi connectivity index (χ3n) is 4.57. The van der Waals surface area contributed by atoms with E-state index in [2.05, 4.69) is 26.1 Å². The van der Waals surface area contributed by atoms with Gasteiger partial charge in [-0.1, -0.05) is 40.0 Å². The molecule has 0 aliphatic heterocycles. The summed E-state index contributed by atoms with van der Waals surface area (Å²) in [4.78, 5) is 0. The predicted molar refractivity (Wildman–Crippen MR) is 83.6 cm³/mol. The van der Waals surface area contributed by atoms with Gasteiger partial charge < -0.3 is 10.1 Å². The van der Waals surface area contributed by atoms with E-state index >= 15 is 0 Å². The highest BCUT2D eigenvalue weighted by molar-refractivity contribution is 4.75. The van der Waals surface area contributed by atoms with Crippen molar-refractivity contribution in [2.75, 3.05) is 13.2 Å². The Hall–Kier alpha value is -0.0800. The second-order valence-corrected chi connectivity index (χ2v) is 6.06. The third-order valence-corrected chi connectivity index (χ3v) is 4.57. The number of hydrogen-bond acceptors (Lipinski definition) is 2. The van der Waals surface area contributed by atoms with Crippen molar-refractivity contribution in [1.82, 2.24) is 5.32 Å². The van der Waals surface area contributed by atoms with Gasteiger partial charge >= 0.3 is 0 Å². The molecule has 114 valence electrons. The normalized spacial score (nSPS) is 25.4. The Morgan fingerprint density at radius 3 is 2.63 bits per heavy atom. The van der Waals surface area contributed by atoms with Gasteiger partial charge in [0.2, 0.25) is 0 Å². The van der Waals surface area contributed by atoms with Gasteiger partial charge in [0, 0.05) is 12.6 Å². The molecule has 3 atom stereocenters. The van der Waals surface area contributed by atoms with Crippen molar-refractivity contribution < 1.29 is 4.74 Å². The summed E-state index contributed by atoms with van der Waals surface area (Å²) in [6.07, 6.45) is 12.3. The van der Waals surface area contributed by atoms with Crippen LogP contribution in [0.5, 0.6) is 0 Å². The molecule has 1 aliphatic rings. The van der Waals surface area contributed by atoms with Crippen LogP contribution in [0.25, 0.3) is 0 Å². The molecule has 0 heterocycles. The van der Waals surface area contributed by atoms with Crippen molar-refractivity contribution in [2.45, 2.75) is 90.7 Å². The zero-order chi connectivity index (χ0) is 13.9. The van der Waals surface area contributed by atoms with Gasteiger partial charge in [-0.2, -0.15) is 0 Å². The van der Waals surface area contributed by atoms with Crippen molar-refractivity contribution in [3.8, 4) is 0 Å². The van der Waals surface area contributed by atoms with Crippen LogP contribution in [0.1, 0.15) is 78.6 Å². The van der Waals surface area contributed by atoms with Crippen molar-refractivity contribution in [3.63, 3.8) is 0 Å². The zero-order valence-electron chi connectivity index (χ0n) is 13.4. The van der Waals surface area contributed by atoms with Crippen molar-refractivity contribution in [1.29, 1.82) is 0 Å². The van der Waals surface area contributed by atoms with Gasteiger partial charge in [0.25, 0.3) is 0 Å². The lowest BCUT2D eigenvalue weighted by Gasteiger charge is -2.31. The molecule has 1 fully saturated rings. The fourth-order valence-electron chi connectivity index (χ4n) is 3.22. The minimum Gasteiger partial charge on any atom is -0.378 e. The van der Waals surface area contributed by atoms with Gasteiger partial charge in [-0.3, -0.25) is 0 Å². The van der Waals surface area contributed by atoms with Crippen molar-refractivity contribution in [3.05, 3.63) is 0 Å². The highest BCUT2D eigenvalue weighted by atomic mass is 16.5. The average molecular weight is 269 g/mol. The van der Waals surface area contributed by atoms with E-state index in [9.17, 15) is 0 Å². The second kappa shape index (κ2) is 10.7. The van der Waals surface area contributed by atoms with E-state index in [1.54, 1.807) is 0 Å². The minimum atomic E-state index is 0.558. The summed E-state index contributed by atoms with van der Waals surface area (Å²) in [5, 5.41) is 3.62. The molecule has 3 unspecified atom stereocenters. The molecular formula is C17H35NO. The van der Waals surface area contributed by atoms with Crippen LogP contribution in [0, 0.1) is 5.92 Å². The molecule has 1 rings (SSSR count). The van der Waals surface area contributed by atoms with Gasteiger partial charge in [0.05, 0.1) is 6.10 Å². The van der Waals surface area contributed by atoms with Crippen molar-refractivity contribution >= 4 is 0 Å². The molecule has 1 aliphatic carbocycles. The van der Waals surface area contributed by atoms with Gasteiger partial charge in [0.1, 0.15) is 0 Å².